The van der Waals surface area contributed by atoms with E-state index in [1.165, 1.54) is 0 Å². The Morgan fingerprint density at radius 3 is 2.40 bits per heavy atom. The predicted octanol–water partition coefficient (Wildman–Crippen LogP) is -1.64. The zero-order valence-corrected chi connectivity index (χ0v) is 8.99. The zero-order chi connectivity index (χ0) is 12.1. The zero-order valence-electron chi connectivity index (χ0n) is 8.99. The fourth-order valence-electron chi connectivity index (χ4n) is 0.847. The molecule has 0 saturated heterocycles. The van der Waals surface area contributed by atoms with Crippen LogP contribution in [-0.4, -0.2) is 41.3 Å². The quantitative estimate of drug-likeness (QED) is 0.428. The minimum Gasteiger partial charge on any atom is -0.396 e. The van der Waals surface area contributed by atoms with E-state index in [0.717, 1.165) is 0 Å². The number of aliphatic hydroxyl groups is 2. The lowest BCUT2D eigenvalue weighted by Crippen LogP contribution is -2.46. The highest BCUT2D eigenvalue weighted by Crippen LogP contribution is 2.19. The van der Waals surface area contributed by atoms with Crippen LogP contribution in [0, 0.1) is 5.41 Å². The van der Waals surface area contributed by atoms with Gasteiger partial charge in [-0.25, -0.2) is 0 Å². The summed E-state index contributed by atoms with van der Waals surface area (Å²) in [6.45, 7) is 2.90. The lowest BCUT2D eigenvalue weighted by atomic mass is 9.87. The summed E-state index contributed by atoms with van der Waals surface area (Å²) in [4.78, 5) is 21.7. The van der Waals surface area contributed by atoms with Gasteiger partial charge in [-0.05, 0) is 0 Å². The third-order valence-electron chi connectivity index (χ3n) is 2.07. The molecule has 0 radical (unpaired) electrons. The molecule has 0 aliphatic heterocycles. The molecule has 0 aromatic carbocycles. The van der Waals surface area contributed by atoms with E-state index >= 15 is 0 Å². The number of hydrogen-bond donors (Lipinski definition) is 4. The van der Waals surface area contributed by atoms with Gasteiger partial charge in [-0.2, -0.15) is 0 Å². The largest absolute Gasteiger partial charge is 0.396 e. The molecule has 0 heterocycles. The molecule has 0 aromatic rings. The summed E-state index contributed by atoms with van der Waals surface area (Å²) in [5.41, 5.74) is 3.97. The second kappa shape index (κ2) is 5.67. The smallest absolute Gasteiger partial charge is 0.249 e. The molecule has 5 N–H and O–H groups in total. The number of carbonyl (C=O) groups is 2. The summed E-state index contributed by atoms with van der Waals surface area (Å²) in [6, 6.07) is 0. The molecule has 88 valence electrons. The van der Waals surface area contributed by atoms with Crippen molar-refractivity contribution < 1.29 is 19.8 Å². The van der Waals surface area contributed by atoms with E-state index in [1.807, 2.05) is 0 Å². The average molecular weight is 218 g/mol. The Kier molecular flexibility index (Phi) is 5.24. The number of carbonyl (C=O) groups excluding carboxylic acids is 2. The summed E-state index contributed by atoms with van der Waals surface area (Å²) in [5, 5.41) is 20.8. The van der Waals surface area contributed by atoms with Crippen LogP contribution in [0.1, 0.15) is 20.3 Å². The third kappa shape index (κ3) is 4.75. The Bertz CT molecular complexity index is 240. The monoisotopic (exact) mass is 218 g/mol. The molecule has 6 heteroatoms. The molecule has 0 unspecified atom stereocenters. The molecule has 0 aliphatic rings. The molecule has 0 saturated carbocycles. The van der Waals surface area contributed by atoms with Gasteiger partial charge in [-0.3, -0.25) is 9.59 Å². The van der Waals surface area contributed by atoms with Crippen LogP contribution in [0.25, 0.3) is 0 Å². The van der Waals surface area contributed by atoms with Gasteiger partial charge in [0.1, 0.15) is 6.10 Å². The van der Waals surface area contributed by atoms with E-state index in [2.05, 4.69) is 5.32 Å². The fourth-order valence-corrected chi connectivity index (χ4v) is 0.847. The third-order valence-corrected chi connectivity index (χ3v) is 2.07. The van der Waals surface area contributed by atoms with Gasteiger partial charge in [0.15, 0.2) is 0 Å². The topological polar surface area (TPSA) is 113 Å². The van der Waals surface area contributed by atoms with Crippen LogP contribution in [0.15, 0.2) is 0 Å². The van der Waals surface area contributed by atoms with E-state index in [-0.39, 0.29) is 19.6 Å². The van der Waals surface area contributed by atoms with Gasteiger partial charge in [-0.1, -0.05) is 13.8 Å². The van der Waals surface area contributed by atoms with Gasteiger partial charge in [0, 0.05) is 18.4 Å². The Hall–Kier alpha value is -1.14. The second-order valence-corrected chi connectivity index (χ2v) is 4.06. The fraction of sp³-hybridized carbons (Fsp3) is 0.778. The maximum Gasteiger partial charge on any atom is 0.249 e. The molecular weight excluding hydrogens is 200 g/mol. The molecule has 0 fully saturated rings. The second-order valence-electron chi connectivity index (χ2n) is 4.06. The van der Waals surface area contributed by atoms with Gasteiger partial charge in [0.2, 0.25) is 11.8 Å². The first-order valence-electron chi connectivity index (χ1n) is 4.66. The summed E-state index contributed by atoms with van der Waals surface area (Å²) < 4.78 is 0. The van der Waals surface area contributed by atoms with Crippen molar-refractivity contribution in [2.45, 2.75) is 26.4 Å². The summed E-state index contributed by atoms with van der Waals surface area (Å²) in [6.07, 6.45) is -1.28. The van der Waals surface area contributed by atoms with Crippen LogP contribution in [0.5, 0.6) is 0 Å². The van der Waals surface area contributed by atoms with E-state index in [9.17, 15) is 14.7 Å². The molecule has 0 rings (SSSR count). The Morgan fingerprint density at radius 2 is 2.00 bits per heavy atom. The van der Waals surface area contributed by atoms with Crippen LogP contribution in [0.4, 0.5) is 0 Å². The summed E-state index contributed by atoms with van der Waals surface area (Å²) in [5.74, 6) is -1.14. The lowest BCUT2D eigenvalue weighted by Gasteiger charge is -2.26. The molecule has 0 spiro atoms. The number of hydrogen-bond acceptors (Lipinski definition) is 4. The standard InChI is InChI=1S/C9H18N2O4/c1-9(2,5-12)7(14)8(15)11-4-3-6(10)13/h7,12,14H,3-5H2,1-2H3,(H2,10,13)(H,11,15)/t7-/m0/s1. The lowest BCUT2D eigenvalue weighted by molar-refractivity contribution is -0.137. The van der Waals surface area contributed by atoms with Crippen molar-refractivity contribution in [1.82, 2.24) is 5.32 Å². The van der Waals surface area contributed by atoms with Crippen molar-refractivity contribution in [3.63, 3.8) is 0 Å². The first-order chi connectivity index (χ1) is 6.81. The molecule has 0 aromatic heterocycles. The molecule has 15 heavy (non-hydrogen) atoms. The molecule has 1 atom stereocenters. The maximum absolute atomic E-state index is 11.3. The molecule has 2 amide bonds. The average Bonchev–Trinajstić information content (AvgIpc) is 2.15. The first-order valence-corrected chi connectivity index (χ1v) is 4.66. The van der Waals surface area contributed by atoms with Crippen molar-refractivity contribution in [1.29, 1.82) is 0 Å². The number of aliphatic hydroxyl groups excluding tert-OH is 2. The highest BCUT2D eigenvalue weighted by Gasteiger charge is 2.32. The van der Waals surface area contributed by atoms with Crippen LogP contribution >= 0.6 is 0 Å². The number of rotatable bonds is 6. The molecular formula is C9H18N2O4. The minimum atomic E-state index is -1.31. The number of nitrogens with one attached hydrogen (secondary N) is 1. The highest BCUT2D eigenvalue weighted by atomic mass is 16.3. The summed E-state index contributed by atoms with van der Waals surface area (Å²) >= 11 is 0. The number of primary amides is 1. The van der Waals surface area contributed by atoms with Crippen LogP contribution in [-0.2, 0) is 9.59 Å². The Balaban J connectivity index is 4.05. The minimum absolute atomic E-state index is 0.0258. The normalized spacial score (nSPS) is 13.3. The summed E-state index contributed by atoms with van der Waals surface area (Å²) in [7, 11) is 0. The molecule has 6 nitrogen and oxygen atoms in total. The number of nitrogens with two attached hydrogens (primary N) is 1. The van der Waals surface area contributed by atoms with Gasteiger partial charge >= 0.3 is 0 Å². The van der Waals surface area contributed by atoms with Gasteiger partial charge in [0.25, 0.3) is 0 Å². The van der Waals surface area contributed by atoms with Gasteiger partial charge in [-0.15, -0.1) is 0 Å². The first kappa shape index (κ1) is 13.9. The number of amides is 2. The molecule has 0 bridgehead atoms. The van der Waals surface area contributed by atoms with Crippen molar-refractivity contribution in [2.75, 3.05) is 13.2 Å². The van der Waals surface area contributed by atoms with E-state index < -0.39 is 23.3 Å². The van der Waals surface area contributed by atoms with Gasteiger partial charge in [0.05, 0.1) is 6.61 Å². The Morgan fingerprint density at radius 1 is 1.47 bits per heavy atom. The highest BCUT2D eigenvalue weighted by molar-refractivity contribution is 5.82. The maximum atomic E-state index is 11.3. The van der Waals surface area contributed by atoms with Crippen molar-refractivity contribution in [2.24, 2.45) is 11.1 Å². The SMILES string of the molecule is CC(C)(CO)[C@@H](O)C(=O)NCCC(N)=O. The van der Waals surface area contributed by atoms with E-state index in [0.29, 0.717) is 0 Å². The molecule has 0 aliphatic carbocycles. The van der Waals surface area contributed by atoms with E-state index in [1.54, 1.807) is 13.8 Å². The van der Waals surface area contributed by atoms with Crippen molar-refractivity contribution in [3.05, 3.63) is 0 Å². The van der Waals surface area contributed by atoms with Crippen molar-refractivity contribution >= 4 is 11.8 Å². The van der Waals surface area contributed by atoms with Crippen LogP contribution in [0.2, 0.25) is 0 Å². The van der Waals surface area contributed by atoms with E-state index in [4.69, 9.17) is 10.8 Å². The Labute approximate surface area is 88.5 Å². The van der Waals surface area contributed by atoms with Crippen molar-refractivity contribution in [3.8, 4) is 0 Å². The van der Waals surface area contributed by atoms with Crippen LogP contribution in [0.3, 0.4) is 0 Å². The van der Waals surface area contributed by atoms with Crippen LogP contribution < -0.4 is 11.1 Å². The van der Waals surface area contributed by atoms with Gasteiger partial charge < -0.3 is 21.3 Å². The predicted molar refractivity (Wildman–Crippen MR) is 53.7 cm³/mol.